The lowest BCUT2D eigenvalue weighted by Gasteiger charge is -2.27. The highest BCUT2D eigenvalue weighted by atomic mass is 19.1. The van der Waals surface area contributed by atoms with Crippen LogP contribution in [0.5, 0.6) is 5.75 Å². The Bertz CT molecular complexity index is 1010. The van der Waals surface area contributed by atoms with Crippen molar-refractivity contribution in [3.05, 3.63) is 76.5 Å². The highest BCUT2D eigenvalue weighted by Gasteiger charge is 2.19. The van der Waals surface area contributed by atoms with Crippen LogP contribution in [-0.4, -0.2) is 30.9 Å². The number of aliphatic imine (C=N–C) groups is 1. The van der Waals surface area contributed by atoms with Crippen LogP contribution in [-0.2, 0) is 17.9 Å². The lowest BCUT2D eigenvalue weighted by molar-refractivity contribution is -0.0173. The molecule has 0 bridgehead atoms. The summed E-state index contributed by atoms with van der Waals surface area (Å²) in [6.45, 7) is 0.537. The van der Waals surface area contributed by atoms with Gasteiger partial charge in [0.15, 0.2) is 6.79 Å². The number of rotatable bonds is 4. The standard InChI is InChI=1S/C21H21FN4O3/c1-26-10-19(23)24-9-18(26)13-3-2-4-14(5-13)21(27)25-8-15-6-17(22)7-16-11-28-12-29-20(15)16/h2-7,9-10,18H,8,11-12,23H2,1H3,(H,25,27). The van der Waals surface area contributed by atoms with Crippen molar-refractivity contribution in [3.63, 3.8) is 0 Å². The second kappa shape index (κ2) is 7.92. The zero-order chi connectivity index (χ0) is 20.4. The largest absolute Gasteiger partial charge is 0.467 e. The maximum absolute atomic E-state index is 13.9. The Morgan fingerprint density at radius 2 is 2.24 bits per heavy atom. The fourth-order valence-corrected chi connectivity index (χ4v) is 3.43. The maximum atomic E-state index is 13.9. The highest BCUT2D eigenvalue weighted by Crippen LogP contribution is 2.29. The summed E-state index contributed by atoms with van der Waals surface area (Å²) in [5.74, 6) is 0.346. The number of benzene rings is 2. The molecule has 0 radical (unpaired) electrons. The van der Waals surface area contributed by atoms with Gasteiger partial charge in [-0.1, -0.05) is 12.1 Å². The van der Waals surface area contributed by atoms with Gasteiger partial charge in [-0.05, 0) is 29.8 Å². The second-order valence-electron chi connectivity index (χ2n) is 6.91. The molecule has 0 fully saturated rings. The first-order chi connectivity index (χ1) is 14.0. The van der Waals surface area contributed by atoms with Crippen LogP contribution in [0.25, 0.3) is 0 Å². The molecule has 29 heavy (non-hydrogen) atoms. The van der Waals surface area contributed by atoms with Crippen LogP contribution in [0.3, 0.4) is 0 Å². The SMILES string of the molecule is CN1C=C(N)N=CC1c1cccc(C(=O)NCc2cc(F)cc3c2OCOC3)c1. The van der Waals surface area contributed by atoms with Gasteiger partial charge in [-0.15, -0.1) is 0 Å². The Balaban J connectivity index is 1.49. The number of hydrogen-bond acceptors (Lipinski definition) is 6. The topological polar surface area (TPSA) is 89.2 Å². The minimum Gasteiger partial charge on any atom is -0.467 e. The van der Waals surface area contributed by atoms with E-state index in [1.54, 1.807) is 18.5 Å². The lowest BCUT2D eigenvalue weighted by Crippen LogP contribution is -2.27. The van der Waals surface area contributed by atoms with Crippen LogP contribution in [0.1, 0.15) is 33.1 Å². The lowest BCUT2D eigenvalue weighted by atomic mass is 10.0. The number of nitrogens with one attached hydrogen (secondary N) is 1. The fourth-order valence-electron chi connectivity index (χ4n) is 3.43. The van der Waals surface area contributed by atoms with Gasteiger partial charge in [-0.3, -0.25) is 4.79 Å². The molecule has 2 aromatic carbocycles. The van der Waals surface area contributed by atoms with Crippen LogP contribution in [0, 0.1) is 5.82 Å². The summed E-state index contributed by atoms with van der Waals surface area (Å²) in [7, 11) is 1.90. The maximum Gasteiger partial charge on any atom is 0.251 e. The van der Waals surface area contributed by atoms with Gasteiger partial charge in [0.1, 0.15) is 17.4 Å². The van der Waals surface area contributed by atoms with E-state index in [-0.39, 0.29) is 31.9 Å². The van der Waals surface area contributed by atoms with Crippen LogP contribution >= 0.6 is 0 Å². The van der Waals surface area contributed by atoms with Gasteiger partial charge in [0.25, 0.3) is 5.91 Å². The molecule has 2 aromatic rings. The average molecular weight is 396 g/mol. The molecule has 3 N–H and O–H groups in total. The quantitative estimate of drug-likeness (QED) is 0.829. The Labute approximate surface area is 167 Å². The highest BCUT2D eigenvalue weighted by molar-refractivity contribution is 5.94. The minimum absolute atomic E-state index is 0.108. The normalized spacial score (nSPS) is 17.9. The third kappa shape index (κ3) is 4.07. The van der Waals surface area contributed by atoms with Crippen molar-refractivity contribution in [1.82, 2.24) is 10.2 Å². The Kier molecular flexibility index (Phi) is 5.18. The number of halogens is 1. The van der Waals surface area contributed by atoms with Crippen LogP contribution < -0.4 is 15.8 Å². The zero-order valence-corrected chi connectivity index (χ0v) is 15.9. The van der Waals surface area contributed by atoms with Gasteiger partial charge in [0.05, 0.1) is 12.6 Å². The molecule has 1 amide bonds. The van der Waals surface area contributed by atoms with E-state index in [0.717, 1.165) is 5.56 Å². The van der Waals surface area contributed by atoms with Crippen molar-refractivity contribution in [2.75, 3.05) is 13.8 Å². The van der Waals surface area contributed by atoms with E-state index >= 15 is 0 Å². The molecule has 8 heteroatoms. The smallest absolute Gasteiger partial charge is 0.251 e. The third-order valence-corrected chi connectivity index (χ3v) is 4.82. The van der Waals surface area contributed by atoms with Gasteiger partial charge < -0.3 is 25.4 Å². The van der Waals surface area contributed by atoms with Crippen molar-refractivity contribution in [2.45, 2.75) is 19.2 Å². The molecule has 2 aliphatic rings. The van der Waals surface area contributed by atoms with E-state index < -0.39 is 5.82 Å². The van der Waals surface area contributed by atoms with Gasteiger partial charge >= 0.3 is 0 Å². The van der Waals surface area contributed by atoms with E-state index in [4.69, 9.17) is 15.2 Å². The summed E-state index contributed by atoms with van der Waals surface area (Å²) < 4.78 is 24.5. The summed E-state index contributed by atoms with van der Waals surface area (Å²) >= 11 is 0. The van der Waals surface area contributed by atoms with Crippen LogP contribution in [0.15, 0.2) is 53.4 Å². The molecular weight excluding hydrogens is 375 g/mol. The molecular formula is C21H21FN4O3. The number of nitrogens with two attached hydrogens (primary N) is 1. The number of hydrogen-bond donors (Lipinski definition) is 2. The molecule has 4 rings (SSSR count). The molecule has 0 aliphatic carbocycles. The van der Waals surface area contributed by atoms with Gasteiger partial charge in [0.2, 0.25) is 0 Å². The van der Waals surface area contributed by atoms with Crippen molar-refractivity contribution < 1.29 is 18.7 Å². The first kappa shape index (κ1) is 18.9. The molecule has 1 unspecified atom stereocenters. The first-order valence-corrected chi connectivity index (χ1v) is 9.14. The molecule has 0 spiro atoms. The Morgan fingerprint density at radius 3 is 3.07 bits per heavy atom. The van der Waals surface area contributed by atoms with E-state index in [9.17, 15) is 9.18 Å². The Hall–Kier alpha value is -3.39. The molecule has 1 atom stereocenters. The monoisotopic (exact) mass is 396 g/mol. The number of carbonyl (C=O) groups excluding carboxylic acids is 1. The van der Waals surface area contributed by atoms with E-state index in [1.807, 2.05) is 30.1 Å². The summed E-state index contributed by atoms with van der Waals surface area (Å²) in [5, 5.41) is 2.84. The number of amides is 1. The van der Waals surface area contributed by atoms with E-state index in [2.05, 4.69) is 10.3 Å². The van der Waals surface area contributed by atoms with Crippen molar-refractivity contribution in [1.29, 1.82) is 0 Å². The average Bonchev–Trinajstić information content (AvgIpc) is 2.71. The molecule has 2 aliphatic heterocycles. The van der Waals surface area contributed by atoms with E-state index in [1.165, 1.54) is 12.1 Å². The van der Waals surface area contributed by atoms with Crippen molar-refractivity contribution in [2.24, 2.45) is 10.7 Å². The summed E-state index contributed by atoms with van der Waals surface area (Å²) in [6, 6.07) is 9.92. The minimum atomic E-state index is -0.393. The predicted octanol–water partition coefficient (Wildman–Crippen LogP) is 2.44. The Morgan fingerprint density at radius 1 is 1.38 bits per heavy atom. The summed E-state index contributed by atoms with van der Waals surface area (Å²) in [6.07, 6.45) is 3.49. The van der Waals surface area contributed by atoms with Gasteiger partial charge in [-0.2, -0.15) is 0 Å². The first-order valence-electron chi connectivity index (χ1n) is 9.14. The fraction of sp³-hybridized carbons (Fsp3) is 0.238. The number of ether oxygens (including phenoxy) is 2. The van der Waals surface area contributed by atoms with Gasteiger partial charge in [0, 0.05) is 42.7 Å². The molecule has 0 saturated heterocycles. The summed E-state index contributed by atoms with van der Waals surface area (Å²) in [5.41, 5.74) is 8.33. The molecule has 7 nitrogen and oxygen atoms in total. The van der Waals surface area contributed by atoms with Crippen molar-refractivity contribution >= 4 is 12.1 Å². The number of carbonyl (C=O) groups is 1. The molecule has 2 heterocycles. The zero-order valence-electron chi connectivity index (χ0n) is 15.9. The summed E-state index contributed by atoms with van der Waals surface area (Å²) in [4.78, 5) is 18.8. The van der Waals surface area contributed by atoms with Crippen molar-refractivity contribution in [3.8, 4) is 5.75 Å². The molecule has 150 valence electrons. The molecule has 0 aromatic heterocycles. The second-order valence-corrected chi connectivity index (χ2v) is 6.91. The number of fused-ring (bicyclic) bond motifs is 1. The van der Waals surface area contributed by atoms with Crippen LogP contribution in [0.4, 0.5) is 4.39 Å². The predicted molar refractivity (Wildman–Crippen MR) is 106 cm³/mol. The third-order valence-electron chi connectivity index (χ3n) is 4.82. The molecule has 0 saturated carbocycles. The van der Waals surface area contributed by atoms with Gasteiger partial charge in [-0.25, -0.2) is 9.38 Å². The van der Waals surface area contributed by atoms with E-state index in [0.29, 0.717) is 28.3 Å². The van der Waals surface area contributed by atoms with Crippen LogP contribution in [0.2, 0.25) is 0 Å². The number of nitrogens with zero attached hydrogens (tertiary/aromatic N) is 2.